The van der Waals surface area contributed by atoms with E-state index in [-0.39, 0.29) is 30.2 Å². The number of anilines is 1. The predicted octanol–water partition coefficient (Wildman–Crippen LogP) is 3.73. The molecule has 0 saturated carbocycles. The summed E-state index contributed by atoms with van der Waals surface area (Å²) in [5, 5.41) is 16.6. The number of carbonyl (C=O) groups is 3. The molecule has 5 rings (SSSR count). The van der Waals surface area contributed by atoms with Gasteiger partial charge in [0, 0.05) is 12.2 Å². The first-order valence-corrected chi connectivity index (χ1v) is 14.4. The number of fused-ring (bicyclic) bond motifs is 1. The Morgan fingerprint density at radius 2 is 1.73 bits per heavy atom. The van der Waals surface area contributed by atoms with Gasteiger partial charge in [0.05, 0.1) is 30.1 Å². The molecule has 2 bridgehead atoms. The van der Waals surface area contributed by atoms with Gasteiger partial charge in [-0.05, 0) is 55.7 Å². The lowest BCUT2D eigenvalue weighted by Crippen LogP contribution is -2.57. The summed E-state index contributed by atoms with van der Waals surface area (Å²) in [5.74, 6) is -2.50. The minimum atomic E-state index is -1.15. The average molecular weight is 548 g/mol. The van der Waals surface area contributed by atoms with Crippen LogP contribution in [0.3, 0.4) is 0 Å². The number of rotatable bonds is 9. The molecule has 214 valence electrons. The second kappa shape index (κ2) is 10.6. The van der Waals surface area contributed by atoms with Crippen LogP contribution in [0.15, 0.2) is 48.5 Å². The number of benzene rings is 2. The molecule has 2 unspecified atom stereocenters. The summed E-state index contributed by atoms with van der Waals surface area (Å²) in [4.78, 5) is 44.1. The van der Waals surface area contributed by atoms with Crippen LogP contribution in [-0.4, -0.2) is 57.6 Å². The smallest absolute Gasteiger partial charge is 0.250 e. The van der Waals surface area contributed by atoms with Gasteiger partial charge in [-0.3, -0.25) is 14.4 Å². The summed E-state index contributed by atoms with van der Waals surface area (Å²) in [6, 6.07) is 13.9. The minimum absolute atomic E-state index is 0.109. The fourth-order valence-corrected chi connectivity index (χ4v) is 7.43. The zero-order valence-corrected chi connectivity index (χ0v) is 24.1. The molecule has 3 aliphatic heterocycles. The third kappa shape index (κ3) is 4.32. The number of carbonyl (C=O) groups excluding carboxylic acids is 3. The number of nitrogens with zero attached hydrogens (tertiary/aromatic N) is 1. The van der Waals surface area contributed by atoms with E-state index in [9.17, 15) is 19.5 Å². The van der Waals surface area contributed by atoms with Crippen molar-refractivity contribution in [2.24, 2.45) is 17.8 Å². The minimum Gasteiger partial charge on any atom is -0.394 e. The van der Waals surface area contributed by atoms with Gasteiger partial charge in [0.1, 0.15) is 11.6 Å². The molecule has 8 nitrogen and oxygen atoms in total. The number of nitrogens with one attached hydrogen (secondary N) is 2. The van der Waals surface area contributed by atoms with Crippen molar-refractivity contribution >= 4 is 23.4 Å². The Morgan fingerprint density at radius 3 is 2.33 bits per heavy atom. The first-order chi connectivity index (χ1) is 19.1. The zero-order chi connectivity index (χ0) is 28.8. The monoisotopic (exact) mass is 547 g/mol. The highest BCUT2D eigenvalue weighted by atomic mass is 16.5. The Hall–Kier alpha value is -3.23. The first kappa shape index (κ1) is 28.3. The van der Waals surface area contributed by atoms with Gasteiger partial charge in [0.15, 0.2) is 0 Å². The van der Waals surface area contributed by atoms with E-state index in [1.807, 2.05) is 83.1 Å². The molecule has 2 aromatic carbocycles. The highest BCUT2D eigenvalue weighted by Crippen LogP contribution is 2.64. The summed E-state index contributed by atoms with van der Waals surface area (Å²) in [6.45, 7) is 9.76. The van der Waals surface area contributed by atoms with Crippen molar-refractivity contribution in [1.82, 2.24) is 10.2 Å². The fraction of sp³-hybridized carbons (Fsp3) is 0.531. The molecule has 3 fully saturated rings. The lowest BCUT2D eigenvalue weighted by Gasteiger charge is -2.39. The van der Waals surface area contributed by atoms with E-state index in [1.54, 1.807) is 4.90 Å². The topological polar surface area (TPSA) is 108 Å². The van der Waals surface area contributed by atoms with Gasteiger partial charge in [-0.25, -0.2) is 0 Å². The molecular formula is C32H41N3O5. The van der Waals surface area contributed by atoms with Gasteiger partial charge in [0.25, 0.3) is 0 Å². The van der Waals surface area contributed by atoms with E-state index < -0.39 is 35.1 Å². The predicted molar refractivity (Wildman–Crippen MR) is 152 cm³/mol. The van der Waals surface area contributed by atoms with Gasteiger partial charge in [-0.2, -0.15) is 0 Å². The Labute approximate surface area is 236 Å². The van der Waals surface area contributed by atoms with Crippen LogP contribution < -0.4 is 10.6 Å². The van der Waals surface area contributed by atoms with Crippen molar-refractivity contribution < 1.29 is 24.2 Å². The number of likely N-dealkylation sites (tertiary alicyclic amines) is 1. The summed E-state index contributed by atoms with van der Waals surface area (Å²) in [7, 11) is 0. The molecule has 3 heterocycles. The van der Waals surface area contributed by atoms with E-state index in [0.29, 0.717) is 31.5 Å². The number of aryl methyl sites for hydroxylation is 2. The van der Waals surface area contributed by atoms with E-state index in [2.05, 4.69) is 10.6 Å². The van der Waals surface area contributed by atoms with Crippen LogP contribution in [0.2, 0.25) is 0 Å². The number of ether oxygens (including phenoxy) is 1. The van der Waals surface area contributed by atoms with Gasteiger partial charge < -0.3 is 25.4 Å². The third-order valence-electron chi connectivity index (χ3n) is 9.50. The molecule has 3 aliphatic rings. The van der Waals surface area contributed by atoms with Gasteiger partial charge >= 0.3 is 0 Å². The number of aliphatic hydroxyl groups is 1. The molecule has 3 saturated heterocycles. The number of para-hydroxylation sites is 1. The van der Waals surface area contributed by atoms with E-state index in [1.165, 1.54) is 0 Å². The molecule has 8 heteroatoms. The van der Waals surface area contributed by atoms with Crippen LogP contribution in [0.5, 0.6) is 0 Å². The fourth-order valence-electron chi connectivity index (χ4n) is 7.43. The van der Waals surface area contributed by atoms with Crippen molar-refractivity contribution in [3.8, 4) is 0 Å². The molecule has 0 aromatic heterocycles. The highest BCUT2D eigenvalue weighted by molar-refractivity contribution is 6.04. The quantitative estimate of drug-likeness (QED) is 0.444. The Balaban J connectivity index is 1.55. The SMILES string of the molecule is CC[C@@]12CCC3(O1)C(C(=O)Nc1c(C)cccc1C)N([C@@H](CO)C(C)C)C(=O)[C@@H]3[C@@H]2C(=O)NCc1ccccc1. The molecule has 1 spiro atoms. The van der Waals surface area contributed by atoms with E-state index in [0.717, 1.165) is 16.7 Å². The maximum Gasteiger partial charge on any atom is 0.250 e. The highest BCUT2D eigenvalue weighted by Gasteiger charge is 2.79. The van der Waals surface area contributed by atoms with Crippen molar-refractivity contribution in [2.45, 2.75) is 83.7 Å². The largest absolute Gasteiger partial charge is 0.394 e. The van der Waals surface area contributed by atoms with Crippen molar-refractivity contribution in [2.75, 3.05) is 11.9 Å². The van der Waals surface area contributed by atoms with E-state index >= 15 is 0 Å². The van der Waals surface area contributed by atoms with Crippen molar-refractivity contribution in [3.63, 3.8) is 0 Å². The number of hydrogen-bond donors (Lipinski definition) is 3. The number of amides is 3. The summed E-state index contributed by atoms with van der Waals surface area (Å²) in [5.41, 5.74) is 1.54. The molecule has 0 radical (unpaired) electrons. The molecule has 40 heavy (non-hydrogen) atoms. The summed E-state index contributed by atoms with van der Waals surface area (Å²) < 4.78 is 6.85. The van der Waals surface area contributed by atoms with Crippen LogP contribution in [0.1, 0.15) is 56.7 Å². The van der Waals surface area contributed by atoms with Crippen LogP contribution in [0, 0.1) is 31.6 Å². The lowest BCUT2D eigenvalue weighted by atomic mass is 9.65. The van der Waals surface area contributed by atoms with Gasteiger partial charge in [-0.15, -0.1) is 0 Å². The maximum atomic E-state index is 14.4. The van der Waals surface area contributed by atoms with Crippen LogP contribution in [0.4, 0.5) is 5.69 Å². The lowest BCUT2D eigenvalue weighted by molar-refractivity contribution is -0.150. The number of aliphatic hydroxyl groups excluding tert-OH is 1. The van der Waals surface area contributed by atoms with Crippen LogP contribution >= 0.6 is 0 Å². The molecule has 3 amide bonds. The molecule has 0 aliphatic carbocycles. The second-order valence-corrected chi connectivity index (χ2v) is 12.0. The van der Waals surface area contributed by atoms with Crippen molar-refractivity contribution in [1.29, 1.82) is 0 Å². The van der Waals surface area contributed by atoms with E-state index in [4.69, 9.17) is 4.74 Å². The average Bonchev–Trinajstić information content (AvgIpc) is 3.54. The van der Waals surface area contributed by atoms with Crippen LogP contribution in [0.25, 0.3) is 0 Å². The molecule has 3 N–H and O–H groups in total. The zero-order valence-electron chi connectivity index (χ0n) is 24.1. The first-order valence-electron chi connectivity index (χ1n) is 14.4. The Kier molecular flexibility index (Phi) is 7.52. The maximum absolute atomic E-state index is 14.4. The number of hydrogen-bond acceptors (Lipinski definition) is 5. The van der Waals surface area contributed by atoms with Gasteiger partial charge in [-0.1, -0.05) is 69.3 Å². The van der Waals surface area contributed by atoms with Gasteiger partial charge in [0.2, 0.25) is 17.7 Å². The second-order valence-electron chi connectivity index (χ2n) is 12.0. The van der Waals surface area contributed by atoms with Crippen LogP contribution in [-0.2, 0) is 25.7 Å². The summed E-state index contributed by atoms with van der Waals surface area (Å²) >= 11 is 0. The Bertz CT molecular complexity index is 1280. The normalized spacial score (nSPS) is 29.5. The Morgan fingerprint density at radius 1 is 1.05 bits per heavy atom. The molecule has 6 atom stereocenters. The molecule has 2 aromatic rings. The third-order valence-corrected chi connectivity index (χ3v) is 9.50. The summed E-state index contributed by atoms with van der Waals surface area (Å²) in [6.07, 6.45) is 1.64. The van der Waals surface area contributed by atoms with Crippen molar-refractivity contribution in [3.05, 3.63) is 65.2 Å². The standard InChI is InChI=1S/C32H41N3O5/c1-6-31-15-16-32(40-31)25(24(31)28(37)33-17-22-13-8-7-9-14-22)30(39)35(23(18-36)19(2)3)27(32)29(38)34-26-20(4)11-10-12-21(26)5/h7-14,19,23-25,27,36H,6,15-18H2,1-5H3,(H,33,37)(H,34,38)/t23-,24+,25-,27?,31-,32?/m0/s1. The molecular weight excluding hydrogens is 506 g/mol.